The maximum atomic E-state index is 6.61. The Bertz CT molecular complexity index is 2810. The molecule has 11 rings (SSSR count). The Morgan fingerprint density at radius 2 is 1.00 bits per heavy atom. The number of hydrogen-bond acceptors (Lipinski definition) is 4. The van der Waals surface area contributed by atoms with E-state index in [1.165, 1.54) is 33.4 Å². The summed E-state index contributed by atoms with van der Waals surface area (Å²) in [6.07, 6.45) is 1.79. The Labute approximate surface area is 306 Å². The van der Waals surface area contributed by atoms with Gasteiger partial charge in [0.25, 0.3) is 0 Å². The number of nitrogens with zero attached hydrogens (tertiary/aromatic N) is 2. The van der Waals surface area contributed by atoms with Crippen LogP contribution in [0.15, 0.2) is 187 Å². The van der Waals surface area contributed by atoms with Crippen molar-refractivity contribution >= 4 is 11.0 Å². The van der Waals surface area contributed by atoms with Gasteiger partial charge in [-0.15, -0.1) is 0 Å². The number of fused-ring (bicyclic) bond motifs is 11. The van der Waals surface area contributed by atoms with Gasteiger partial charge in [0.2, 0.25) is 0 Å². The summed E-state index contributed by atoms with van der Waals surface area (Å²) < 4.78 is 12.6. The average Bonchev–Trinajstić information content (AvgIpc) is 3.83. The zero-order valence-corrected chi connectivity index (χ0v) is 28.5. The SMILES string of the molecule is c1ccc(-c2ccc(-c3cc(-c4ccc5c(c4)C4(c6ccccc6Oc6ccccc64)c4ccc6occc6c4-5)nc(-c4ccccc4)n3)cc2)cc1. The van der Waals surface area contributed by atoms with E-state index < -0.39 is 5.41 Å². The van der Waals surface area contributed by atoms with Gasteiger partial charge < -0.3 is 9.15 Å². The molecule has 0 fully saturated rings. The van der Waals surface area contributed by atoms with Crippen molar-refractivity contribution in [3.8, 4) is 67.7 Å². The Kier molecular flexibility index (Phi) is 6.43. The molecular formula is C49H30N2O2. The monoisotopic (exact) mass is 678 g/mol. The summed E-state index contributed by atoms with van der Waals surface area (Å²) in [7, 11) is 0. The molecule has 0 amide bonds. The molecule has 0 atom stereocenters. The van der Waals surface area contributed by atoms with E-state index in [9.17, 15) is 0 Å². The third-order valence-corrected chi connectivity index (χ3v) is 10.9. The fourth-order valence-corrected chi connectivity index (χ4v) is 8.52. The first-order valence-electron chi connectivity index (χ1n) is 17.9. The number of hydrogen-bond donors (Lipinski definition) is 0. The minimum Gasteiger partial charge on any atom is -0.464 e. The quantitative estimate of drug-likeness (QED) is 0.186. The standard InChI is InChI=1S/C49H30N2O2/c1-3-11-31(12-4-1)32-19-21-33(22-20-32)42-30-43(51-48(50-42)34-13-5-2-6-14-34)35-23-24-36-41(29-35)49(40-25-26-44-37(47(36)40)27-28-52-44)38-15-7-9-17-45(38)53-46-18-10-8-16-39(46)49/h1-30H. The highest BCUT2D eigenvalue weighted by Crippen LogP contribution is 2.63. The van der Waals surface area contributed by atoms with Gasteiger partial charge in [-0.05, 0) is 69.8 Å². The lowest BCUT2D eigenvalue weighted by atomic mass is 9.66. The summed E-state index contributed by atoms with van der Waals surface area (Å²) in [6, 6.07) is 61.6. The van der Waals surface area contributed by atoms with Crippen LogP contribution < -0.4 is 4.74 Å². The van der Waals surface area contributed by atoms with Crippen LogP contribution in [0.1, 0.15) is 22.3 Å². The molecule has 0 saturated carbocycles. The van der Waals surface area contributed by atoms with Crippen molar-refractivity contribution in [2.45, 2.75) is 5.41 Å². The van der Waals surface area contributed by atoms with Crippen molar-refractivity contribution in [1.29, 1.82) is 0 Å². The molecule has 7 aromatic carbocycles. The smallest absolute Gasteiger partial charge is 0.160 e. The van der Waals surface area contributed by atoms with Gasteiger partial charge in [0, 0.05) is 33.2 Å². The van der Waals surface area contributed by atoms with E-state index in [2.05, 4.69) is 140 Å². The van der Waals surface area contributed by atoms with Crippen molar-refractivity contribution in [2.24, 2.45) is 0 Å². The zero-order chi connectivity index (χ0) is 34.9. The average molecular weight is 679 g/mol. The van der Waals surface area contributed by atoms with Crippen LogP contribution in [0.2, 0.25) is 0 Å². The van der Waals surface area contributed by atoms with Gasteiger partial charge in [-0.1, -0.05) is 140 Å². The number of furan rings is 1. The molecule has 3 heterocycles. The molecule has 4 heteroatoms. The topological polar surface area (TPSA) is 48.2 Å². The minimum atomic E-state index is -0.622. The van der Waals surface area contributed by atoms with Gasteiger partial charge in [-0.3, -0.25) is 0 Å². The molecule has 1 aliphatic heterocycles. The van der Waals surface area contributed by atoms with Crippen molar-refractivity contribution in [1.82, 2.24) is 9.97 Å². The highest BCUT2D eigenvalue weighted by molar-refractivity contribution is 6.03. The number of ether oxygens (including phenoxy) is 1. The summed E-state index contributed by atoms with van der Waals surface area (Å²) in [5.41, 5.74) is 14.4. The van der Waals surface area contributed by atoms with Crippen molar-refractivity contribution in [3.63, 3.8) is 0 Å². The van der Waals surface area contributed by atoms with Crippen LogP contribution >= 0.6 is 0 Å². The van der Waals surface area contributed by atoms with Crippen molar-refractivity contribution in [2.75, 3.05) is 0 Å². The largest absolute Gasteiger partial charge is 0.464 e. The number of aromatic nitrogens is 2. The first-order valence-corrected chi connectivity index (χ1v) is 17.9. The maximum absolute atomic E-state index is 6.61. The number of para-hydroxylation sites is 2. The van der Waals surface area contributed by atoms with Gasteiger partial charge in [-0.2, -0.15) is 0 Å². The lowest BCUT2D eigenvalue weighted by Crippen LogP contribution is -2.32. The number of rotatable bonds is 4. The fourth-order valence-electron chi connectivity index (χ4n) is 8.52. The Morgan fingerprint density at radius 3 is 1.72 bits per heavy atom. The lowest BCUT2D eigenvalue weighted by molar-refractivity contribution is 0.436. The molecule has 1 spiro atoms. The zero-order valence-electron chi connectivity index (χ0n) is 28.5. The minimum absolute atomic E-state index is 0.622. The highest BCUT2D eigenvalue weighted by atomic mass is 16.5. The van der Waals surface area contributed by atoms with E-state index in [1.54, 1.807) is 6.26 Å². The van der Waals surface area contributed by atoms with E-state index in [1.807, 2.05) is 36.4 Å². The molecular weight excluding hydrogens is 649 g/mol. The molecule has 0 bridgehead atoms. The third-order valence-electron chi connectivity index (χ3n) is 10.9. The molecule has 1 aliphatic carbocycles. The summed E-state index contributed by atoms with van der Waals surface area (Å²) >= 11 is 0. The van der Waals surface area contributed by atoms with E-state index in [4.69, 9.17) is 19.1 Å². The van der Waals surface area contributed by atoms with Crippen LogP contribution in [0, 0.1) is 0 Å². The molecule has 0 N–H and O–H groups in total. The van der Waals surface area contributed by atoms with Crippen molar-refractivity contribution in [3.05, 3.63) is 204 Å². The molecule has 53 heavy (non-hydrogen) atoms. The van der Waals surface area contributed by atoms with Crippen LogP contribution in [0.25, 0.3) is 67.1 Å². The second kappa shape index (κ2) is 11.5. The fraction of sp³-hybridized carbons (Fsp3) is 0.0204. The molecule has 0 radical (unpaired) electrons. The molecule has 0 unspecified atom stereocenters. The van der Waals surface area contributed by atoms with Crippen LogP contribution in [0.5, 0.6) is 11.5 Å². The summed E-state index contributed by atoms with van der Waals surface area (Å²) in [6.45, 7) is 0. The third kappa shape index (κ3) is 4.42. The van der Waals surface area contributed by atoms with Gasteiger partial charge >= 0.3 is 0 Å². The Morgan fingerprint density at radius 1 is 0.415 bits per heavy atom. The van der Waals surface area contributed by atoms with Crippen molar-refractivity contribution < 1.29 is 9.15 Å². The lowest BCUT2D eigenvalue weighted by Gasteiger charge is -2.39. The molecule has 2 aliphatic rings. The van der Waals surface area contributed by atoms with Crippen LogP contribution in [-0.2, 0) is 5.41 Å². The van der Waals surface area contributed by atoms with E-state index >= 15 is 0 Å². The van der Waals surface area contributed by atoms with Gasteiger partial charge in [0.1, 0.15) is 17.1 Å². The molecule has 2 aromatic heterocycles. The van der Waals surface area contributed by atoms with Gasteiger partial charge in [0.05, 0.1) is 23.1 Å². The molecule has 0 saturated heterocycles. The van der Waals surface area contributed by atoms with E-state index in [-0.39, 0.29) is 0 Å². The molecule has 4 nitrogen and oxygen atoms in total. The van der Waals surface area contributed by atoms with Crippen LogP contribution in [-0.4, -0.2) is 9.97 Å². The first kappa shape index (κ1) is 29.7. The summed E-state index contributed by atoms with van der Waals surface area (Å²) in [5, 5.41) is 1.10. The maximum Gasteiger partial charge on any atom is 0.160 e. The number of benzene rings is 7. The summed E-state index contributed by atoms with van der Waals surface area (Å²) in [5.74, 6) is 2.40. The Balaban J connectivity index is 1.16. The molecule has 9 aromatic rings. The Hall–Kier alpha value is -7.04. The van der Waals surface area contributed by atoms with E-state index in [0.29, 0.717) is 5.82 Å². The second-order valence-electron chi connectivity index (χ2n) is 13.7. The first-order chi connectivity index (χ1) is 26.3. The predicted octanol–water partition coefficient (Wildman–Crippen LogP) is 12.4. The normalized spacial score (nSPS) is 13.2. The highest BCUT2D eigenvalue weighted by Gasteiger charge is 2.51. The van der Waals surface area contributed by atoms with Gasteiger partial charge in [-0.25, -0.2) is 9.97 Å². The predicted molar refractivity (Wildman–Crippen MR) is 211 cm³/mol. The van der Waals surface area contributed by atoms with Gasteiger partial charge in [0.15, 0.2) is 5.82 Å². The molecule has 248 valence electrons. The summed E-state index contributed by atoms with van der Waals surface area (Å²) in [4.78, 5) is 10.4. The van der Waals surface area contributed by atoms with Crippen LogP contribution in [0.4, 0.5) is 0 Å². The van der Waals surface area contributed by atoms with E-state index in [0.717, 1.165) is 61.7 Å². The second-order valence-corrected chi connectivity index (χ2v) is 13.7. The van der Waals surface area contributed by atoms with Crippen LogP contribution in [0.3, 0.4) is 0 Å².